The van der Waals surface area contributed by atoms with E-state index < -0.39 is 0 Å². The van der Waals surface area contributed by atoms with Crippen LogP contribution in [0.2, 0.25) is 0 Å². The molecule has 1 fully saturated rings. The van der Waals surface area contributed by atoms with E-state index in [-0.39, 0.29) is 24.1 Å². The van der Waals surface area contributed by atoms with Crippen LogP contribution in [0.3, 0.4) is 0 Å². The Morgan fingerprint density at radius 2 is 2.03 bits per heavy atom. The highest BCUT2D eigenvalue weighted by molar-refractivity contribution is 5.78. The zero-order valence-electron chi connectivity index (χ0n) is 16.7. The van der Waals surface area contributed by atoms with E-state index in [1.807, 2.05) is 23.1 Å². The molecule has 29 heavy (non-hydrogen) atoms. The SMILES string of the molecule is COc1ccc(C2CCCN2C(=O)Cn2cnc3c(cnn3C)c2=O)cc1OC. The zero-order chi connectivity index (χ0) is 20.5. The van der Waals surface area contributed by atoms with Gasteiger partial charge in [-0.1, -0.05) is 6.07 Å². The smallest absolute Gasteiger partial charge is 0.264 e. The van der Waals surface area contributed by atoms with Gasteiger partial charge < -0.3 is 14.4 Å². The van der Waals surface area contributed by atoms with Crippen LogP contribution in [0, 0.1) is 0 Å². The number of benzene rings is 1. The Balaban J connectivity index is 1.59. The number of nitrogens with zero attached hydrogens (tertiary/aromatic N) is 5. The Bertz CT molecular complexity index is 1120. The summed E-state index contributed by atoms with van der Waals surface area (Å²) in [6.07, 6.45) is 4.65. The maximum Gasteiger partial charge on any atom is 0.264 e. The molecule has 1 unspecified atom stereocenters. The lowest BCUT2D eigenvalue weighted by molar-refractivity contribution is -0.132. The number of hydrogen-bond donors (Lipinski definition) is 0. The molecular weight excluding hydrogens is 374 g/mol. The first kappa shape index (κ1) is 19.0. The van der Waals surface area contributed by atoms with Crippen LogP contribution in [0.5, 0.6) is 11.5 Å². The molecule has 1 aromatic carbocycles. The number of rotatable bonds is 5. The van der Waals surface area contributed by atoms with E-state index in [1.165, 1.54) is 21.8 Å². The molecule has 9 heteroatoms. The standard InChI is InChI=1S/C20H23N5O4/c1-23-19-14(10-22-23)20(27)24(12-21-19)11-18(26)25-8-4-5-15(25)13-6-7-16(28-2)17(9-13)29-3/h6-7,9-10,12,15H,4-5,8,11H2,1-3H3. The van der Waals surface area contributed by atoms with Gasteiger partial charge in [0.2, 0.25) is 5.91 Å². The van der Waals surface area contributed by atoms with Gasteiger partial charge in [0.15, 0.2) is 17.1 Å². The fourth-order valence-corrected chi connectivity index (χ4v) is 3.89. The van der Waals surface area contributed by atoms with Crippen molar-refractivity contribution in [3.63, 3.8) is 0 Å². The summed E-state index contributed by atoms with van der Waals surface area (Å²) in [6, 6.07) is 5.64. The van der Waals surface area contributed by atoms with Crippen LogP contribution >= 0.6 is 0 Å². The van der Waals surface area contributed by atoms with Gasteiger partial charge >= 0.3 is 0 Å². The van der Waals surface area contributed by atoms with Crippen molar-refractivity contribution in [1.29, 1.82) is 0 Å². The number of ether oxygens (including phenoxy) is 2. The summed E-state index contributed by atoms with van der Waals surface area (Å²) in [5.41, 5.74) is 1.23. The van der Waals surface area contributed by atoms with Gasteiger partial charge in [-0.15, -0.1) is 0 Å². The van der Waals surface area contributed by atoms with E-state index in [2.05, 4.69) is 10.1 Å². The number of methoxy groups -OCH3 is 2. The van der Waals surface area contributed by atoms with E-state index in [0.717, 1.165) is 18.4 Å². The average Bonchev–Trinajstić information content (AvgIpc) is 3.37. The summed E-state index contributed by atoms with van der Waals surface area (Å²) in [4.78, 5) is 31.8. The molecule has 3 heterocycles. The topological polar surface area (TPSA) is 91.5 Å². The van der Waals surface area contributed by atoms with Crippen molar-refractivity contribution in [2.75, 3.05) is 20.8 Å². The summed E-state index contributed by atoms with van der Waals surface area (Å²) in [7, 11) is 4.91. The normalized spacial score (nSPS) is 16.4. The van der Waals surface area contributed by atoms with Gasteiger partial charge in [-0.25, -0.2) is 4.98 Å². The Labute approximate surface area is 167 Å². The number of amides is 1. The first-order chi connectivity index (χ1) is 14.0. The predicted octanol–water partition coefficient (Wildman–Crippen LogP) is 1.51. The van der Waals surface area contributed by atoms with Crippen molar-refractivity contribution in [1.82, 2.24) is 24.2 Å². The van der Waals surface area contributed by atoms with Gasteiger partial charge in [-0.05, 0) is 30.5 Å². The van der Waals surface area contributed by atoms with Crippen molar-refractivity contribution in [2.45, 2.75) is 25.4 Å². The Morgan fingerprint density at radius 3 is 2.79 bits per heavy atom. The molecule has 4 rings (SSSR count). The summed E-state index contributed by atoms with van der Waals surface area (Å²) in [5.74, 6) is 1.16. The number of likely N-dealkylation sites (tertiary alicyclic amines) is 1. The van der Waals surface area contributed by atoms with Crippen LogP contribution < -0.4 is 15.0 Å². The maximum absolute atomic E-state index is 13.0. The number of fused-ring (bicyclic) bond motifs is 1. The molecule has 1 aliphatic rings. The van der Waals surface area contributed by atoms with E-state index >= 15 is 0 Å². The molecule has 1 atom stereocenters. The van der Waals surface area contributed by atoms with Crippen molar-refractivity contribution < 1.29 is 14.3 Å². The molecule has 9 nitrogen and oxygen atoms in total. The molecule has 1 amide bonds. The predicted molar refractivity (Wildman–Crippen MR) is 106 cm³/mol. The van der Waals surface area contributed by atoms with Crippen LogP contribution in [0.25, 0.3) is 11.0 Å². The molecule has 0 spiro atoms. The van der Waals surface area contributed by atoms with Crippen molar-refractivity contribution in [2.24, 2.45) is 7.05 Å². The van der Waals surface area contributed by atoms with Gasteiger partial charge in [-0.3, -0.25) is 18.8 Å². The largest absolute Gasteiger partial charge is 0.493 e. The molecule has 0 N–H and O–H groups in total. The Kier molecular flexibility index (Phi) is 4.96. The Morgan fingerprint density at radius 1 is 1.24 bits per heavy atom. The quantitative estimate of drug-likeness (QED) is 0.648. The highest BCUT2D eigenvalue weighted by Gasteiger charge is 2.30. The minimum atomic E-state index is -0.265. The molecule has 2 aromatic heterocycles. The first-order valence-electron chi connectivity index (χ1n) is 9.42. The van der Waals surface area contributed by atoms with Gasteiger partial charge in [0, 0.05) is 13.6 Å². The van der Waals surface area contributed by atoms with Crippen molar-refractivity contribution in [3.8, 4) is 11.5 Å². The minimum Gasteiger partial charge on any atom is -0.493 e. The molecule has 152 valence electrons. The summed E-state index contributed by atoms with van der Waals surface area (Å²) in [5, 5.41) is 4.46. The second kappa shape index (κ2) is 7.57. The third kappa shape index (κ3) is 3.32. The number of aryl methyl sites for hydroxylation is 1. The van der Waals surface area contributed by atoms with E-state index in [4.69, 9.17) is 9.47 Å². The number of carbonyl (C=O) groups is 1. The monoisotopic (exact) mass is 397 g/mol. The highest BCUT2D eigenvalue weighted by Crippen LogP contribution is 2.37. The van der Waals surface area contributed by atoms with Crippen LogP contribution in [-0.2, 0) is 18.4 Å². The van der Waals surface area contributed by atoms with E-state index in [9.17, 15) is 9.59 Å². The number of hydrogen-bond acceptors (Lipinski definition) is 6. The van der Waals surface area contributed by atoms with Crippen molar-refractivity contribution >= 4 is 16.9 Å². The van der Waals surface area contributed by atoms with Gasteiger partial charge in [0.1, 0.15) is 18.3 Å². The summed E-state index contributed by atoms with van der Waals surface area (Å²) >= 11 is 0. The summed E-state index contributed by atoms with van der Waals surface area (Å²) in [6.45, 7) is 0.593. The minimum absolute atomic E-state index is 0.0551. The molecule has 0 radical (unpaired) electrons. The molecule has 1 aliphatic heterocycles. The Hall–Kier alpha value is -3.36. The maximum atomic E-state index is 13.0. The fourth-order valence-electron chi connectivity index (χ4n) is 3.89. The second-order valence-corrected chi connectivity index (χ2v) is 7.04. The van der Waals surface area contributed by atoms with Gasteiger partial charge in [-0.2, -0.15) is 5.10 Å². The van der Waals surface area contributed by atoms with Gasteiger partial charge in [0.25, 0.3) is 5.56 Å². The van der Waals surface area contributed by atoms with Crippen LogP contribution in [-0.4, -0.2) is 50.9 Å². The lowest BCUT2D eigenvalue weighted by Gasteiger charge is -2.26. The zero-order valence-corrected chi connectivity index (χ0v) is 16.7. The molecule has 0 saturated carbocycles. The van der Waals surface area contributed by atoms with Gasteiger partial charge in [0.05, 0.1) is 26.5 Å². The fraction of sp³-hybridized carbons (Fsp3) is 0.400. The van der Waals surface area contributed by atoms with Crippen LogP contribution in [0.4, 0.5) is 0 Å². The number of carbonyl (C=O) groups excluding carboxylic acids is 1. The lowest BCUT2D eigenvalue weighted by Crippen LogP contribution is -2.36. The number of aromatic nitrogens is 4. The highest BCUT2D eigenvalue weighted by atomic mass is 16.5. The summed E-state index contributed by atoms with van der Waals surface area (Å²) < 4.78 is 13.6. The van der Waals surface area contributed by atoms with Crippen molar-refractivity contribution in [3.05, 3.63) is 46.6 Å². The third-order valence-electron chi connectivity index (χ3n) is 5.39. The van der Waals surface area contributed by atoms with Crippen LogP contribution in [0.1, 0.15) is 24.4 Å². The molecule has 0 aliphatic carbocycles. The first-order valence-corrected chi connectivity index (χ1v) is 9.42. The lowest BCUT2D eigenvalue weighted by atomic mass is 10.0. The second-order valence-electron chi connectivity index (χ2n) is 7.04. The third-order valence-corrected chi connectivity index (χ3v) is 5.39. The molecule has 3 aromatic rings. The van der Waals surface area contributed by atoms with Crippen LogP contribution in [0.15, 0.2) is 35.5 Å². The molecule has 1 saturated heterocycles. The van der Waals surface area contributed by atoms with E-state index in [0.29, 0.717) is 29.1 Å². The van der Waals surface area contributed by atoms with E-state index in [1.54, 1.807) is 21.3 Å². The average molecular weight is 397 g/mol. The molecule has 0 bridgehead atoms. The molecular formula is C20H23N5O4.